The quantitative estimate of drug-likeness (QED) is 0.760. The molecule has 20 heavy (non-hydrogen) atoms. The van der Waals surface area contributed by atoms with Gasteiger partial charge in [0, 0.05) is 19.1 Å². The molecule has 0 aliphatic heterocycles. The minimum absolute atomic E-state index is 0.0293. The minimum Gasteiger partial charge on any atom is -0.484 e. The summed E-state index contributed by atoms with van der Waals surface area (Å²) in [5, 5.41) is 6.37. The average molecular weight is 274 g/mol. The zero-order valence-electron chi connectivity index (χ0n) is 11.7. The summed E-state index contributed by atoms with van der Waals surface area (Å²) in [5.41, 5.74) is 1.20. The Kier molecular flexibility index (Phi) is 4.21. The van der Waals surface area contributed by atoms with Crippen LogP contribution < -0.4 is 15.4 Å². The Morgan fingerprint density at radius 1 is 1.25 bits per heavy atom. The average Bonchev–Trinajstić information content (AvgIpc) is 3.36. The maximum Gasteiger partial charge on any atom is 0.257 e. The molecule has 2 saturated carbocycles. The van der Waals surface area contributed by atoms with Gasteiger partial charge in [0.2, 0.25) is 0 Å². The highest BCUT2D eigenvalue weighted by Crippen LogP contribution is 2.27. The fourth-order valence-corrected chi connectivity index (χ4v) is 2.07. The van der Waals surface area contributed by atoms with Crippen molar-refractivity contribution in [2.75, 3.05) is 13.2 Å². The highest BCUT2D eigenvalue weighted by Gasteiger charge is 2.21. The first kappa shape index (κ1) is 13.4. The van der Waals surface area contributed by atoms with Crippen LogP contribution in [0.15, 0.2) is 24.3 Å². The van der Waals surface area contributed by atoms with Crippen LogP contribution in [0.1, 0.15) is 31.2 Å². The molecule has 2 aliphatic rings. The van der Waals surface area contributed by atoms with Crippen molar-refractivity contribution in [1.29, 1.82) is 0 Å². The van der Waals surface area contributed by atoms with Gasteiger partial charge in [-0.1, -0.05) is 12.1 Å². The number of rotatable bonds is 8. The molecule has 0 spiro atoms. The van der Waals surface area contributed by atoms with E-state index in [4.69, 9.17) is 4.74 Å². The molecule has 1 aromatic carbocycles. The number of carbonyl (C=O) groups is 1. The normalized spacial score (nSPS) is 17.8. The summed E-state index contributed by atoms with van der Waals surface area (Å²) in [6.07, 6.45) is 5.07. The Labute approximate surface area is 119 Å². The number of benzene rings is 1. The van der Waals surface area contributed by atoms with E-state index in [2.05, 4.69) is 16.7 Å². The van der Waals surface area contributed by atoms with Gasteiger partial charge in [-0.15, -0.1) is 0 Å². The summed E-state index contributed by atoms with van der Waals surface area (Å²) in [4.78, 5) is 11.6. The lowest BCUT2D eigenvalue weighted by Crippen LogP contribution is -2.30. The van der Waals surface area contributed by atoms with Gasteiger partial charge in [0.1, 0.15) is 5.75 Å². The Morgan fingerprint density at radius 3 is 2.85 bits per heavy atom. The van der Waals surface area contributed by atoms with Gasteiger partial charge in [0.05, 0.1) is 0 Å². The Hall–Kier alpha value is -1.55. The van der Waals surface area contributed by atoms with Crippen LogP contribution in [0.25, 0.3) is 0 Å². The van der Waals surface area contributed by atoms with Gasteiger partial charge in [-0.05, 0) is 49.3 Å². The third kappa shape index (κ3) is 4.53. The maximum absolute atomic E-state index is 11.6. The molecule has 108 valence electrons. The first-order chi connectivity index (χ1) is 9.79. The first-order valence-corrected chi connectivity index (χ1v) is 7.51. The van der Waals surface area contributed by atoms with Crippen LogP contribution in [0.2, 0.25) is 0 Å². The largest absolute Gasteiger partial charge is 0.484 e. The SMILES string of the molecule is O=C(COc1cccc(CNC2CC2)c1)NCC1CC1. The molecule has 0 atom stereocenters. The van der Waals surface area contributed by atoms with E-state index in [9.17, 15) is 4.79 Å². The number of hydrogen-bond donors (Lipinski definition) is 2. The van der Waals surface area contributed by atoms with Crippen LogP contribution in [-0.4, -0.2) is 25.1 Å². The fraction of sp³-hybridized carbons (Fsp3) is 0.562. The van der Waals surface area contributed by atoms with Gasteiger partial charge in [0.15, 0.2) is 6.61 Å². The zero-order valence-corrected chi connectivity index (χ0v) is 11.7. The molecule has 0 saturated heterocycles. The highest BCUT2D eigenvalue weighted by molar-refractivity contribution is 5.77. The van der Waals surface area contributed by atoms with E-state index in [0.29, 0.717) is 12.0 Å². The predicted octanol–water partition coefficient (Wildman–Crippen LogP) is 1.84. The van der Waals surface area contributed by atoms with Crippen molar-refractivity contribution in [2.45, 2.75) is 38.3 Å². The van der Waals surface area contributed by atoms with Crippen molar-refractivity contribution in [3.8, 4) is 5.75 Å². The summed E-state index contributed by atoms with van der Waals surface area (Å²) in [6.45, 7) is 1.77. The van der Waals surface area contributed by atoms with Crippen molar-refractivity contribution in [3.63, 3.8) is 0 Å². The second kappa shape index (κ2) is 6.27. The van der Waals surface area contributed by atoms with E-state index >= 15 is 0 Å². The van der Waals surface area contributed by atoms with Gasteiger partial charge >= 0.3 is 0 Å². The van der Waals surface area contributed by atoms with E-state index in [1.807, 2.05) is 18.2 Å². The molecule has 0 radical (unpaired) electrons. The van der Waals surface area contributed by atoms with Crippen molar-refractivity contribution in [2.24, 2.45) is 5.92 Å². The Morgan fingerprint density at radius 2 is 2.10 bits per heavy atom. The van der Waals surface area contributed by atoms with Gasteiger partial charge in [0.25, 0.3) is 5.91 Å². The van der Waals surface area contributed by atoms with Crippen LogP contribution in [0.4, 0.5) is 0 Å². The fourth-order valence-electron chi connectivity index (χ4n) is 2.07. The van der Waals surface area contributed by atoms with E-state index in [0.717, 1.165) is 18.8 Å². The maximum atomic E-state index is 11.6. The first-order valence-electron chi connectivity index (χ1n) is 7.51. The lowest BCUT2D eigenvalue weighted by atomic mass is 10.2. The van der Waals surface area contributed by atoms with Crippen molar-refractivity contribution >= 4 is 5.91 Å². The molecule has 2 aliphatic carbocycles. The molecule has 2 N–H and O–H groups in total. The van der Waals surface area contributed by atoms with E-state index < -0.39 is 0 Å². The zero-order chi connectivity index (χ0) is 13.8. The van der Waals surface area contributed by atoms with Crippen LogP contribution in [-0.2, 0) is 11.3 Å². The van der Waals surface area contributed by atoms with Crippen molar-refractivity contribution in [3.05, 3.63) is 29.8 Å². The monoisotopic (exact) mass is 274 g/mol. The topological polar surface area (TPSA) is 50.4 Å². The molecule has 1 aromatic rings. The van der Waals surface area contributed by atoms with Crippen molar-refractivity contribution in [1.82, 2.24) is 10.6 Å². The molecule has 0 aromatic heterocycles. The summed E-state index contributed by atoms with van der Waals surface area (Å²) in [6, 6.07) is 8.66. The van der Waals surface area contributed by atoms with E-state index in [1.165, 1.54) is 31.2 Å². The lowest BCUT2D eigenvalue weighted by molar-refractivity contribution is -0.123. The van der Waals surface area contributed by atoms with Crippen molar-refractivity contribution < 1.29 is 9.53 Å². The third-order valence-electron chi connectivity index (χ3n) is 3.73. The van der Waals surface area contributed by atoms with E-state index in [1.54, 1.807) is 0 Å². The molecule has 2 fully saturated rings. The Bertz CT molecular complexity index is 467. The number of nitrogens with one attached hydrogen (secondary N) is 2. The molecule has 0 heterocycles. The highest BCUT2D eigenvalue weighted by atomic mass is 16.5. The molecular formula is C16H22N2O2. The summed E-state index contributed by atoms with van der Waals surface area (Å²) < 4.78 is 5.54. The van der Waals surface area contributed by atoms with Gasteiger partial charge in [-0.2, -0.15) is 0 Å². The van der Waals surface area contributed by atoms with Gasteiger partial charge in [-0.25, -0.2) is 0 Å². The van der Waals surface area contributed by atoms with Gasteiger partial charge in [-0.3, -0.25) is 4.79 Å². The van der Waals surface area contributed by atoms with Crippen LogP contribution in [0, 0.1) is 5.92 Å². The predicted molar refractivity (Wildman–Crippen MR) is 77.5 cm³/mol. The van der Waals surface area contributed by atoms with Crippen LogP contribution >= 0.6 is 0 Å². The minimum atomic E-state index is -0.0293. The molecule has 0 bridgehead atoms. The molecular weight excluding hydrogens is 252 g/mol. The molecule has 4 heteroatoms. The van der Waals surface area contributed by atoms with Gasteiger partial charge < -0.3 is 15.4 Å². The van der Waals surface area contributed by atoms with E-state index in [-0.39, 0.29) is 12.5 Å². The number of amides is 1. The number of hydrogen-bond acceptors (Lipinski definition) is 3. The third-order valence-corrected chi connectivity index (χ3v) is 3.73. The summed E-state index contributed by atoms with van der Waals surface area (Å²) >= 11 is 0. The second-order valence-corrected chi connectivity index (χ2v) is 5.84. The molecule has 3 rings (SSSR count). The standard InChI is InChI=1S/C16H22N2O2/c19-16(18-9-12-4-5-12)11-20-15-3-1-2-13(8-15)10-17-14-6-7-14/h1-3,8,12,14,17H,4-7,9-11H2,(H,18,19). The van der Waals surface area contributed by atoms with Crippen LogP contribution in [0.5, 0.6) is 5.75 Å². The summed E-state index contributed by atoms with van der Waals surface area (Å²) in [5.74, 6) is 1.44. The molecule has 1 amide bonds. The number of carbonyl (C=O) groups excluding carboxylic acids is 1. The smallest absolute Gasteiger partial charge is 0.257 e. The lowest BCUT2D eigenvalue weighted by Gasteiger charge is -2.09. The molecule has 4 nitrogen and oxygen atoms in total. The summed E-state index contributed by atoms with van der Waals surface area (Å²) in [7, 11) is 0. The molecule has 0 unspecified atom stereocenters. The van der Waals surface area contributed by atoms with Crippen LogP contribution in [0.3, 0.4) is 0 Å². The number of ether oxygens (including phenoxy) is 1. The second-order valence-electron chi connectivity index (χ2n) is 5.84. The Balaban J connectivity index is 1.41.